The van der Waals surface area contributed by atoms with Crippen LogP contribution in [0.2, 0.25) is 0 Å². The Balaban J connectivity index is 2.73. The minimum absolute atomic E-state index is 0.0760. The van der Waals surface area contributed by atoms with Gasteiger partial charge in [-0.1, -0.05) is 0 Å². The molecule has 0 saturated carbocycles. The van der Waals surface area contributed by atoms with Crippen molar-refractivity contribution in [3.63, 3.8) is 0 Å². The lowest BCUT2D eigenvalue weighted by Gasteiger charge is -2.05. The number of hydrogen-bond acceptors (Lipinski definition) is 3. The number of H-pyrrole nitrogens is 1. The Bertz CT molecular complexity index is 719. The van der Waals surface area contributed by atoms with Crippen molar-refractivity contribution in [2.75, 3.05) is 0 Å². The van der Waals surface area contributed by atoms with Gasteiger partial charge in [-0.3, -0.25) is 9.78 Å². The molecule has 0 aliphatic heterocycles. The largest absolute Gasteiger partial charge is 0.494 e. The van der Waals surface area contributed by atoms with E-state index in [-0.39, 0.29) is 11.4 Å². The molecule has 19 heavy (non-hydrogen) atoms. The van der Waals surface area contributed by atoms with Gasteiger partial charge in [0, 0.05) is 17.2 Å². The highest BCUT2D eigenvalue weighted by Gasteiger charge is 2.20. The number of aromatic hydroxyl groups is 1. The molecule has 0 saturated heterocycles. The number of nitrogens with zero attached hydrogens (tertiary/aromatic N) is 1. The summed E-state index contributed by atoms with van der Waals surface area (Å²) in [5, 5.41) is 18.5. The first kappa shape index (κ1) is 12.8. The van der Waals surface area contributed by atoms with Crippen molar-refractivity contribution in [1.82, 2.24) is 4.98 Å². The molecule has 6 nitrogen and oxygen atoms in total. The molecule has 2 aromatic rings. The van der Waals surface area contributed by atoms with E-state index in [4.69, 9.17) is 5.11 Å². The highest BCUT2D eigenvalue weighted by atomic mass is 16.4. The zero-order valence-electron chi connectivity index (χ0n) is 10.5. The van der Waals surface area contributed by atoms with E-state index in [9.17, 15) is 14.7 Å². The summed E-state index contributed by atoms with van der Waals surface area (Å²) in [4.78, 5) is 25.2. The number of rotatable bonds is 2. The number of carboxylic acid groups (broad SMARTS) is 1. The van der Waals surface area contributed by atoms with Gasteiger partial charge in [0.25, 0.3) is 5.69 Å². The lowest BCUT2D eigenvalue weighted by Crippen LogP contribution is -2.39. The lowest BCUT2D eigenvalue weighted by molar-refractivity contribution is -0.597. The Morgan fingerprint density at radius 2 is 2.00 bits per heavy atom. The Morgan fingerprint density at radius 1 is 1.32 bits per heavy atom. The van der Waals surface area contributed by atoms with Crippen molar-refractivity contribution >= 4 is 5.97 Å². The van der Waals surface area contributed by atoms with Crippen molar-refractivity contribution in [1.29, 1.82) is 0 Å². The van der Waals surface area contributed by atoms with Crippen LogP contribution < -0.4 is 10.1 Å². The van der Waals surface area contributed by atoms with Gasteiger partial charge in [-0.2, -0.15) is 4.57 Å². The van der Waals surface area contributed by atoms with Crippen LogP contribution >= 0.6 is 0 Å². The van der Waals surface area contributed by atoms with Gasteiger partial charge in [-0.05, 0) is 19.9 Å². The molecule has 0 aromatic carbocycles. The number of nitrogens with one attached hydrogen (secondary N) is 1. The molecule has 0 spiro atoms. The first-order valence-corrected chi connectivity index (χ1v) is 5.59. The van der Waals surface area contributed by atoms with Crippen LogP contribution in [0, 0.1) is 13.8 Å². The zero-order valence-corrected chi connectivity index (χ0v) is 10.5. The smallest absolute Gasteiger partial charge is 0.341 e. The summed E-state index contributed by atoms with van der Waals surface area (Å²) in [5.74, 6) is -1.25. The van der Waals surface area contributed by atoms with E-state index >= 15 is 0 Å². The Morgan fingerprint density at radius 3 is 2.63 bits per heavy atom. The fourth-order valence-corrected chi connectivity index (χ4v) is 1.84. The molecule has 3 N–H and O–H groups in total. The summed E-state index contributed by atoms with van der Waals surface area (Å²) < 4.78 is 1.43. The van der Waals surface area contributed by atoms with E-state index in [1.165, 1.54) is 16.8 Å². The molecule has 0 bridgehead atoms. The Kier molecular flexibility index (Phi) is 3.08. The maximum atomic E-state index is 11.9. The molecule has 0 aliphatic carbocycles. The molecule has 2 aromatic heterocycles. The minimum atomic E-state index is -1.07. The maximum absolute atomic E-state index is 11.9. The Labute approximate surface area is 108 Å². The van der Waals surface area contributed by atoms with Crippen LogP contribution in [0.4, 0.5) is 0 Å². The Hall–Kier alpha value is -2.63. The van der Waals surface area contributed by atoms with Gasteiger partial charge in [0.2, 0.25) is 0 Å². The molecular weight excluding hydrogens is 248 g/mol. The van der Waals surface area contributed by atoms with Gasteiger partial charge in [-0.15, -0.1) is 0 Å². The molecular formula is C13H13N2O4+. The van der Waals surface area contributed by atoms with Gasteiger partial charge < -0.3 is 10.2 Å². The maximum Gasteiger partial charge on any atom is 0.341 e. The average Bonchev–Trinajstić information content (AvgIpc) is 2.36. The number of aromatic carboxylic acids is 1. The monoisotopic (exact) mass is 261 g/mol. The van der Waals surface area contributed by atoms with Crippen molar-refractivity contribution in [3.8, 4) is 11.6 Å². The molecule has 0 aliphatic rings. The topological polar surface area (TPSA) is 94.3 Å². The summed E-state index contributed by atoms with van der Waals surface area (Å²) in [6.45, 7) is 3.37. The molecule has 0 unspecified atom stereocenters. The molecule has 2 rings (SSSR count). The number of hydrogen-bond donors (Lipinski definition) is 3. The van der Waals surface area contributed by atoms with E-state index < -0.39 is 11.5 Å². The summed E-state index contributed by atoms with van der Waals surface area (Å²) in [6, 6.07) is 2.99. The van der Waals surface area contributed by atoms with Gasteiger partial charge >= 0.3 is 11.5 Å². The van der Waals surface area contributed by atoms with Crippen LogP contribution in [0.5, 0.6) is 5.88 Å². The van der Waals surface area contributed by atoms with Crippen LogP contribution in [0.1, 0.15) is 21.5 Å². The fraction of sp³-hybridized carbons (Fsp3) is 0.154. The number of aromatic amines is 1. The molecule has 98 valence electrons. The van der Waals surface area contributed by atoms with E-state index in [0.29, 0.717) is 16.8 Å². The van der Waals surface area contributed by atoms with E-state index in [1.54, 1.807) is 26.1 Å². The lowest BCUT2D eigenvalue weighted by atomic mass is 10.1. The minimum Gasteiger partial charge on any atom is -0.494 e. The molecule has 0 fully saturated rings. The summed E-state index contributed by atoms with van der Waals surface area (Å²) in [6.07, 6.45) is 2.94. The van der Waals surface area contributed by atoms with E-state index in [1.807, 2.05) is 0 Å². The fourth-order valence-electron chi connectivity index (χ4n) is 1.84. The standard InChI is InChI=1S/C13H12N2O4/c1-7-8(2)11(16)14-12(17)10(7)15-5-3-4-9(6-15)13(18)19/h3-6H,1-2H3,(H2-,14,16,17,18,19)/p+1. The SMILES string of the molecule is Cc1c(O)[nH]c(=O)c(-[n+]2cccc(C(=O)O)c2)c1C. The average molecular weight is 261 g/mol. The summed E-state index contributed by atoms with van der Waals surface area (Å²) in [5.41, 5.74) is 1.02. The predicted octanol–water partition coefficient (Wildman–Crippen LogP) is 0.672. The third kappa shape index (κ3) is 2.20. The zero-order chi connectivity index (χ0) is 14.2. The van der Waals surface area contributed by atoms with Crippen LogP contribution in [0.15, 0.2) is 29.3 Å². The highest BCUT2D eigenvalue weighted by Crippen LogP contribution is 2.16. The van der Waals surface area contributed by atoms with E-state index in [0.717, 1.165) is 0 Å². The van der Waals surface area contributed by atoms with Crippen LogP contribution in [-0.2, 0) is 0 Å². The van der Waals surface area contributed by atoms with E-state index in [2.05, 4.69) is 4.98 Å². The quantitative estimate of drug-likeness (QED) is 0.692. The first-order chi connectivity index (χ1) is 8.91. The van der Waals surface area contributed by atoms with Gasteiger partial charge in [-0.25, -0.2) is 4.79 Å². The van der Waals surface area contributed by atoms with Crippen LogP contribution in [0.25, 0.3) is 5.69 Å². The van der Waals surface area contributed by atoms with Crippen LogP contribution in [-0.4, -0.2) is 21.2 Å². The van der Waals surface area contributed by atoms with Crippen LogP contribution in [0.3, 0.4) is 0 Å². The molecule has 0 radical (unpaired) electrons. The summed E-state index contributed by atoms with van der Waals surface area (Å²) >= 11 is 0. The third-order valence-corrected chi connectivity index (χ3v) is 3.03. The van der Waals surface area contributed by atoms with Crippen molar-refractivity contribution < 1.29 is 19.6 Å². The summed E-state index contributed by atoms with van der Waals surface area (Å²) in [7, 11) is 0. The predicted molar refractivity (Wildman–Crippen MR) is 66.7 cm³/mol. The first-order valence-electron chi connectivity index (χ1n) is 5.59. The van der Waals surface area contributed by atoms with Crippen molar-refractivity contribution in [2.24, 2.45) is 0 Å². The van der Waals surface area contributed by atoms with Crippen molar-refractivity contribution in [3.05, 3.63) is 51.6 Å². The number of carboxylic acids is 1. The molecule has 2 heterocycles. The number of pyridine rings is 2. The van der Waals surface area contributed by atoms with Gasteiger partial charge in [0.1, 0.15) is 5.56 Å². The normalized spacial score (nSPS) is 10.4. The number of carbonyl (C=O) groups is 1. The number of aromatic nitrogens is 2. The van der Waals surface area contributed by atoms with Gasteiger partial charge in [0.05, 0.1) is 0 Å². The third-order valence-electron chi connectivity index (χ3n) is 3.03. The molecule has 0 amide bonds. The highest BCUT2D eigenvalue weighted by molar-refractivity contribution is 5.86. The molecule has 0 atom stereocenters. The van der Waals surface area contributed by atoms with Gasteiger partial charge in [0.15, 0.2) is 18.3 Å². The second-order valence-electron chi connectivity index (χ2n) is 4.21. The van der Waals surface area contributed by atoms with Crippen molar-refractivity contribution in [2.45, 2.75) is 13.8 Å². The molecule has 6 heteroatoms. The second kappa shape index (κ2) is 4.56. The second-order valence-corrected chi connectivity index (χ2v) is 4.21.